The monoisotopic (exact) mass is 547 g/mol. The van der Waals surface area contributed by atoms with Gasteiger partial charge in [-0.15, -0.1) is 0 Å². The van der Waals surface area contributed by atoms with Crippen molar-refractivity contribution < 1.29 is 28.7 Å². The summed E-state index contributed by atoms with van der Waals surface area (Å²) in [5, 5.41) is 6.22. The molecule has 1 saturated heterocycles. The van der Waals surface area contributed by atoms with E-state index in [0.29, 0.717) is 18.0 Å². The highest BCUT2D eigenvalue weighted by Gasteiger charge is 2.50. The fraction of sp³-hybridized carbons (Fsp3) is 0.483. The molecular formula is C29H33N5O6. The van der Waals surface area contributed by atoms with Gasteiger partial charge in [0, 0.05) is 36.1 Å². The standard InChI is InChI=1S/C29H33N5O6/c1-40-23-8-3-7-20-19(23)13-21(31-20)29(39)34-14-16-5-2-6-18(16)25(34)27(37)32-22(15-33-12-4-9-24(33)35)26(36)28(38)30-17-10-11-17/h3-4,7-8,12-13,16-18,22,25,31H,2,5-6,9-11,14-15H2,1H3,(H,30,38)(H,32,37)/t16-,18-,22-,25-/m0/s1. The van der Waals surface area contributed by atoms with Gasteiger partial charge in [0.1, 0.15) is 23.5 Å². The van der Waals surface area contributed by atoms with Crippen LogP contribution in [-0.2, 0) is 19.2 Å². The Kier molecular flexibility index (Phi) is 6.81. The van der Waals surface area contributed by atoms with Gasteiger partial charge in [0.05, 0.1) is 13.7 Å². The summed E-state index contributed by atoms with van der Waals surface area (Å²) in [7, 11) is 1.57. The molecule has 1 aromatic heterocycles. The zero-order chi connectivity index (χ0) is 28.0. The first-order valence-electron chi connectivity index (χ1n) is 13.9. The first kappa shape index (κ1) is 26.1. The van der Waals surface area contributed by atoms with E-state index < -0.39 is 29.7 Å². The number of nitrogens with zero attached hydrogens (tertiary/aromatic N) is 2. The number of aromatic amines is 1. The van der Waals surface area contributed by atoms with Crippen LogP contribution >= 0.6 is 0 Å². The molecule has 11 nitrogen and oxygen atoms in total. The van der Waals surface area contributed by atoms with Crippen LogP contribution in [0.2, 0.25) is 0 Å². The van der Waals surface area contributed by atoms with Gasteiger partial charge < -0.3 is 30.2 Å². The maximum atomic E-state index is 13.9. The molecule has 1 aromatic carbocycles. The summed E-state index contributed by atoms with van der Waals surface area (Å²) in [5.41, 5.74) is 1.10. The minimum atomic E-state index is -1.23. The number of rotatable bonds is 9. The number of hydrogen-bond acceptors (Lipinski definition) is 6. The number of carbonyl (C=O) groups is 5. The number of hydrogen-bond donors (Lipinski definition) is 3. The van der Waals surface area contributed by atoms with Crippen LogP contribution in [0.3, 0.4) is 0 Å². The Morgan fingerprint density at radius 1 is 1.15 bits per heavy atom. The Balaban J connectivity index is 1.25. The van der Waals surface area contributed by atoms with Gasteiger partial charge in [0.2, 0.25) is 17.6 Å². The molecule has 2 aliphatic heterocycles. The molecule has 11 heteroatoms. The molecule has 0 radical (unpaired) electrons. The van der Waals surface area contributed by atoms with E-state index in [1.54, 1.807) is 30.4 Å². The quantitative estimate of drug-likeness (QED) is 0.407. The molecule has 0 unspecified atom stereocenters. The first-order chi connectivity index (χ1) is 19.3. The number of ether oxygens (including phenoxy) is 1. The number of benzene rings is 1. The lowest BCUT2D eigenvalue weighted by Gasteiger charge is -2.29. The molecule has 40 heavy (non-hydrogen) atoms. The highest BCUT2D eigenvalue weighted by molar-refractivity contribution is 6.38. The van der Waals surface area contributed by atoms with Crippen LogP contribution in [0.15, 0.2) is 36.5 Å². The summed E-state index contributed by atoms with van der Waals surface area (Å²) in [6.07, 6.45) is 7.73. The van der Waals surface area contributed by atoms with Crippen LogP contribution in [0.5, 0.6) is 5.75 Å². The van der Waals surface area contributed by atoms with E-state index >= 15 is 0 Å². The molecule has 2 aromatic rings. The molecule has 3 fully saturated rings. The van der Waals surface area contributed by atoms with Crippen molar-refractivity contribution in [2.75, 3.05) is 20.2 Å². The number of amides is 4. The number of fused-ring (bicyclic) bond motifs is 2. The van der Waals surface area contributed by atoms with Crippen LogP contribution in [-0.4, -0.2) is 82.5 Å². The van der Waals surface area contributed by atoms with Crippen molar-refractivity contribution in [3.63, 3.8) is 0 Å². The number of ketones is 1. The van der Waals surface area contributed by atoms with E-state index in [9.17, 15) is 24.0 Å². The summed E-state index contributed by atoms with van der Waals surface area (Å²) < 4.78 is 5.44. The molecule has 2 saturated carbocycles. The van der Waals surface area contributed by atoms with Crippen molar-refractivity contribution in [1.82, 2.24) is 25.4 Å². The van der Waals surface area contributed by atoms with Gasteiger partial charge in [0.25, 0.3) is 11.8 Å². The number of methoxy groups -OCH3 is 1. The second-order valence-corrected chi connectivity index (χ2v) is 11.2. The number of nitrogens with one attached hydrogen (secondary N) is 3. The number of carbonyl (C=O) groups excluding carboxylic acids is 5. The first-order valence-corrected chi connectivity index (χ1v) is 13.9. The van der Waals surface area contributed by atoms with Crippen molar-refractivity contribution in [3.8, 4) is 5.75 Å². The fourth-order valence-corrected chi connectivity index (χ4v) is 6.36. The van der Waals surface area contributed by atoms with Gasteiger partial charge in [-0.25, -0.2) is 0 Å². The van der Waals surface area contributed by atoms with E-state index in [2.05, 4.69) is 15.6 Å². The number of likely N-dealkylation sites (tertiary alicyclic amines) is 1. The summed E-state index contributed by atoms with van der Waals surface area (Å²) >= 11 is 0. The molecule has 3 heterocycles. The average molecular weight is 548 g/mol. The van der Waals surface area contributed by atoms with Crippen molar-refractivity contribution in [2.24, 2.45) is 11.8 Å². The van der Waals surface area contributed by atoms with Gasteiger partial charge in [0.15, 0.2) is 0 Å². The van der Waals surface area contributed by atoms with Crippen LogP contribution in [0, 0.1) is 11.8 Å². The maximum absolute atomic E-state index is 13.9. The predicted molar refractivity (Wildman–Crippen MR) is 144 cm³/mol. The number of H-pyrrole nitrogens is 1. The minimum Gasteiger partial charge on any atom is -0.496 e. The van der Waals surface area contributed by atoms with Crippen LogP contribution in [0.25, 0.3) is 10.9 Å². The second-order valence-electron chi connectivity index (χ2n) is 11.2. The van der Waals surface area contributed by atoms with Gasteiger partial charge in [-0.3, -0.25) is 24.0 Å². The third-order valence-corrected chi connectivity index (χ3v) is 8.54. The Bertz CT molecular complexity index is 1410. The van der Waals surface area contributed by atoms with Gasteiger partial charge in [-0.2, -0.15) is 0 Å². The van der Waals surface area contributed by atoms with Crippen LogP contribution in [0.1, 0.15) is 49.0 Å². The average Bonchev–Trinajstić information content (AvgIpc) is 3.30. The summed E-state index contributed by atoms with van der Waals surface area (Å²) in [5.74, 6) is -1.80. The largest absolute Gasteiger partial charge is 0.496 e. The molecular weight excluding hydrogens is 514 g/mol. The topological polar surface area (TPSA) is 141 Å². The van der Waals surface area contributed by atoms with Crippen molar-refractivity contribution in [1.29, 1.82) is 0 Å². The molecule has 2 aliphatic carbocycles. The van der Waals surface area contributed by atoms with E-state index in [1.807, 2.05) is 18.2 Å². The summed E-state index contributed by atoms with van der Waals surface area (Å²) in [4.78, 5) is 71.9. The van der Waals surface area contributed by atoms with E-state index in [1.165, 1.54) is 4.90 Å². The Morgan fingerprint density at radius 2 is 1.98 bits per heavy atom. The molecule has 4 aliphatic rings. The van der Waals surface area contributed by atoms with Crippen molar-refractivity contribution >= 4 is 40.3 Å². The lowest BCUT2D eigenvalue weighted by molar-refractivity contribution is -0.141. The molecule has 4 amide bonds. The molecule has 4 atom stereocenters. The Labute approximate surface area is 231 Å². The SMILES string of the molecule is COc1cccc2[nH]c(C(=O)N3C[C@@H]4CCC[C@@H]4[C@H]3C(=O)N[C@@H](CN3C=CCC3=O)C(=O)C(=O)NC3CC3)cc12. The van der Waals surface area contributed by atoms with E-state index in [0.717, 1.165) is 43.0 Å². The molecule has 210 valence electrons. The number of Topliss-reactive ketones (excluding diaryl/α,β-unsaturated/α-hetero) is 1. The summed E-state index contributed by atoms with van der Waals surface area (Å²) in [6, 6.07) is 5.19. The lowest BCUT2D eigenvalue weighted by Crippen LogP contribution is -2.57. The third-order valence-electron chi connectivity index (χ3n) is 8.54. The number of aromatic nitrogens is 1. The predicted octanol–water partition coefficient (Wildman–Crippen LogP) is 1.50. The third kappa shape index (κ3) is 4.84. The normalized spacial score (nSPS) is 24.3. The molecule has 6 rings (SSSR count). The Hall–Kier alpha value is -4.15. The highest BCUT2D eigenvalue weighted by Crippen LogP contribution is 2.43. The van der Waals surface area contributed by atoms with E-state index in [4.69, 9.17) is 4.74 Å². The van der Waals surface area contributed by atoms with Gasteiger partial charge in [-0.1, -0.05) is 18.6 Å². The van der Waals surface area contributed by atoms with Crippen LogP contribution in [0.4, 0.5) is 0 Å². The van der Waals surface area contributed by atoms with Crippen molar-refractivity contribution in [3.05, 3.63) is 42.2 Å². The minimum absolute atomic E-state index is 0.0294. The van der Waals surface area contributed by atoms with Gasteiger partial charge in [-0.05, 0) is 55.7 Å². The van der Waals surface area contributed by atoms with Crippen molar-refractivity contribution in [2.45, 2.75) is 56.7 Å². The zero-order valence-electron chi connectivity index (χ0n) is 22.4. The molecule has 0 spiro atoms. The van der Waals surface area contributed by atoms with Gasteiger partial charge >= 0.3 is 0 Å². The lowest BCUT2D eigenvalue weighted by atomic mass is 9.93. The smallest absolute Gasteiger partial charge is 0.289 e. The second kappa shape index (κ2) is 10.4. The molecule has 0 bridgehead atoms. The summed E-state index contributed by atoms with van der Waals surface area (Å²) in [6.45, 7) is 0.288. The van der Waals surface area contributed by atoms with Crippen LogP contribution < -0.4 is 15.4 Å². The fourth-order valence-electron chi connectivity index (χ4n) is 6.36. The maximum Gasteiger partial charge on any atom is 0.289 e. The zero-order valence-corrected chi connectivity index (χ0v) is 22.4. The Morgan fingerprint density at radius 3 is 2.70 bits per heavy atom. The molecule has 3 N–H and O–H groups in total. The highest BCUT2D eigenvalue weighted by atomic mass is 16.5. The van der Waals surface area contributed by atoms with E-state index in [-0.39, 0.29) is 42.7 Å².